The first-order valence-corrected chi connectivity index (χ1v) is 8.29. The van der Waals surface area contributed by atoms with E-state index in [9.17, 15) is 18.9 Å². The Morgan fingerprint density at radius 1 is 1.25 bits per heavy atom. The summed E-state index contributed by atoms with van der Waals surface area (Å²) in [6, 6.07) is -1.56. The molecule has 2 unspecified atom stereocenters. The predicted molar refractivity (Wildman–Crippen MR) is 80.0 cm³/mol. The Morgan fingerprint density at radius 2 is 1.79 bits per heavy atom. The molecular formula is C12H20N3O8P. The number of hydrogen-bond acceptors (Lipinski definition) is 8. The fourth-order valence-corrected chi connectivity index (χ4v) is 2.62. The van der Waals surface area contributed by atoms with Crippen LogP contribution in [0.15, 0.2) is 0 Å². The molecule has 24 heavy (non-hydrogen) atoms. The minimum Gasteiger partial charge on any atom is -0.461 e. The highest BCUT2D eigenvalue weighted by molar-refractivity contribution is 7.51. The number of carbonyl (C=O) groups excluding carboxylic acids is 3. The smallest absolute Gasteiger partial charge is 0.443 e. The van der Waals surface area contributed by atoms with E-state index in [-0.39, 0.29) is 6.61 Å². The molecular weight excluding hydrogens is 345 g/mol. The van der Waals surface area contributed by atoms with E-state index < -0.39 is 43.3 Å². The van der Waals surface area contributed by atoms with Gasteiger partial charge in [0.1, 0.15) is 12.1 Å². The molecule has 0 amide bonds. The number of ketones is 1. The standard InChI is InChI=1S/C12H20N3O8P/c1-6-22-12(18)10(14-13)11(17)9(7(2)23-8(3)16)15-24(19,20-4)21-5/h7,9H,6H2,1-5H3,(H,15,19). The number of hydrogen-bond donors (Lipinski definition) is 1. The topological polar surface area (TPSA) is 154 Å². The molecule has 0 saturated carbocycles. The first-order chi connectivity index (χ1) is 11.2. The van der Waals surface area contributed by atoms with Crippen LogP contribution in [-0.4, -0.2) is 61.2 Å². The summed E-state index contributed by atoms with van der Waals surface area (Å²) >= 11 is 0. The number of esters is 2. The maximum atomic E-state index is 12.4. The van der Waals surface area contributed by atoms with Crippen LogP contribution in [0, 0.1) is 0 Å². The largest absolute Gasteiger partial charge is 0.461 e. The first-order valence-electron chi connectivity index (χ1n) is 6.75. The van der Waals surface area contributed by atoms with Crippen molar-refractivity contribution in [2.75, 3.05) is 20.8 Å². The molecule has 0 radical (unpaired) electrons. The van der Waals surface area contributed by atoms with Crippen molar-refractivity contribution >= 4 is 31.2 Å². The van der Waals surface area contributed by atoms with Crippen LogP contribution in [-0.2, 0) is 37.5 Å². The Labute approximate surface area is 138 Å². The molecule has 12 heteroatoms. The van der Waals surface area contributed by atoms with Crippen LogP contribution in [0.5, 0.6) is 0 Å². The maximum Gasteiger partial charge on any atom is 0.443 e. The molecule has 0 fully saturated rings. The molecule has 11 nitrogen and oxygen atoms in total. The third-order valence-corrected chi connectivity index (χ3v) is 4.24. The number of nitrogens with zero attached hydrogens (tertiary/aromatic N) is 2. The third kappa shape index (κ3) is 6.31. The molecule has 0 heterocycles. The van der Waals surface area contributed by atoms with Crippen molar-refractivity contribution in [2.24, 2.45) is 0 Å². The zero-order valence-corrected chi connectivity index (χ0v) is 14.9. The summed E-state index contributed by atoms with van der Waals surface area (Å²) in [5.41, 5.74) is 7.95. The second-order valence-electron chi connectivity index (χ2n) is 4.32. The van der Waals surface area contributed by atoms with E-state index in [1.165, 1.54) is 13.8 Å². The van der Waals surface area contributed by atoms with E-state index in [4.69, 9.17) is 10.3 Å². The average Bonchev–Trinajstić information content (AvgIpc) is 2.52. The molecule has 0 bridgehead atoms. The lowest BCUT2D eigenvalue weighted by atomic mass is 10.0. The van der Waals surface area contributed by atoms with E-state index in [2.05, 4.69) is 23.7 Å². The van der Waals surface area contributed by atoms with Crippen molar-refractivity contribution in [3.8, 4) is 0 Å². The lowest BCUT2D eigenvalue weighted by Crippen LogP contribution is -2.50. The Balaban J connectivity index is 5.71. The van der Waals surface area contributed by atoms with Gasteiger partial charge in [-0.05, 0) is 13.8 Å². The summed E-state index contributed by atoms with van der Waals surface area (Å²) < 4.78 is 31.0. The summed E-state index contributed by atoms with van der Waals surface area (Å²) in [6.07, 6.45) is -1.19. The SMILES string of the molecule is CCOC(=O)C(=[N+]=[N-])C(=O)C(NP(=O)(OC)OC)C(C)OC(C)=O. The monoisotopic (exact) mass is 365 g/mol. The predicted octanol–water partition coefficient (Wildman–Crippen LogP) is 0.100. The van der Waals surface area contributed by atoms with Gasteiger partial charge in [-0.15, -0.1) is 0 Å². The maximum absolute atomic E-state index is 12.4. The Kier molecular flexibility index (Phi) is 9.27. The van der Waals surface area contributed by atoms with Gasteiger partial charge in [-0.1, -0.05) is 0 Å². The lowest BCUT2D eigenvalue weighted by molar-refractivity contribution is -0.148. The highest BCUT2D eigenvalue weighted by atomic mass is 31.2. The summed E-state index contributed by atoms with van der Waals surface area (Å²) in [5, 5.41) is 2.23. The van der Waals surface area contributed by atoms with E-state index in [1.807, 2.05) is 0 Å². The highest BCUT2D eigenvalue weighted by Crippen LogP contribution is 2.42. The van der Waals surface area contributed by atoms with Gasteiger partial charge in [0.2, 0.25) is 0 Å². The van der Waals surface area contributed by atoms with Crippen molar-refractivity contribution in [1.29, 1.82) is 0 Å². The molecule has 0 aromatic carbocycles. The first kappa shape index (κ1) is 22.1. The normalized spacial score (nSPS) is 13.4. The van der Waals surface area contributed by atoms with E-state index in [0.29, 0.717) is 0 Å². The molecule has 0 spiro atoms. The van der Waals surface area contributed by atoms with E-state index in [0.717, 1.165) is 21.1 Å². The molecule has 136 valence electrons. The number of ether oxygens (including phenoxy) is 2. The fraction of sp³-hybridized carbons (Fsp3) is 0.667. The Morgan fingerprint density at radius 3 is 2.17 bits per heavy atom. The van der Waals surface area contributed by atoms with Crippen molar-refractivity contribution in [3.63, 3.8) is 0 Å². The quantitative estimate of drug-likeness (QED) is 0.142. The Bertz CT molecular complexity index is 579. The van der Waals surface area contributed by atoms with Gasteiger partial charge in [0, 0.05) is 21.1 Å². The van der Waals surface area contributed by atoms with Crippen LogP contribution in [0.3, 0.4) is 0 Å². The van der Waals surface area contributed by atoms with Gasteiger partial charge in [-0.3, -0.25) is 9.59 Å². The van der Waals surface area contributed by atoms with Gasteiger partial charge < -0.3 is 24.1 Å². The molecule has 0 rings (SSSR count). The molecule has 0 aromatic heterocycles. The zero-order chi connectivity index (χ0) is 18.9. The van der Waals surface area contributed by atoms with Crippen LogP contribution in [0.2, 0.25) is 0 Å². The number of carbonyl (C=O) groups is 3. The van der Waals surface area contributed by atoms with Crippen LogP contribution >= 0.6 is 7.75 Å². The molecule has 0 aliphatic carbocycles. The van der Waals surface area contributed by atoms with Crippen LogP contribution < -0.4 is 5.09 Å². The summed E-state index contributed by atoms with van der Waals surface area (Å²) in [5.74, 6) is -3.05. The number of nitrogens with one attached hydrogen (secondary N) is 1. The third-order valence-electron chi connectivity index (χ3n) is 2.68. The molecule has 0 aliphatic rings. The van der Waals surface area contributed by atoms with Gasteiger partial charge >= 0.3 is 25.4 Å². The molecule has 2 atom stereocenters. The molecule has 0 saturated heterocycles. The zero-order valence-electron chi connectivity index (χ0n) is 14.0. The van der Waals surface area contributed by atoms with Crippen LogP contribution in [0.1, 0.15) is 20.8 Å². The van der Waals surface area contributed by atoms with E-state index >= 15 is 0 Å². The number of Topliss-reactive ketones (excluding diaryl/α,β-unsaturated/α-hetero) is 1. The van der Waals surface area contributed by atoms with Gasteiger partial charge in [0.25, 0.3) is 5.78 Å². The van der Waals surface area contributed by atoms with Crippen LogP contribution in [0.4, 0.5) is 0 Å². The lowest BCUT2D eigenvalue weighted by Gasteiger charge is -2.25. The average molecular weight is 365 g/mol. The molecule has 1 N–H and O–H groups in total. The van der Waals surface area contributed by atoms with E-state index in [1.54, 1.807) is 0 Å². The fourth-order valence-electron chi connectivity index (χ4n) is 1.59. The summed E-state index contributed by atoms with van der Waals surface area (Å²) in [4.78, 5) is 37.8. The van der Waals surface area contributed by atoms with Gasteiger partial charge in [-0.25, -0.2) is 14.4 Å². The van der Waals surface area contributed by atoms with Crippen LogP contribution in [0.25, 0.3) is 5.53 Å². The minimum atomic E-state index is -3.94. The van der Waals surface area contributed by atoms with Gasteiger partial charge in [-0.2, -0.15) is 4.79 Å². The molecule has 0 aromatic rings. The van der Waals surface area contributed by atoms with Gasteiger partial charge in [0.05, 0.1) is 6.61 Å². The minimum absolute atomic E-state index is 0.0721. The van der Waals surface area contributed by atoms with Gasteiger partial charge in [0.15, 0.2) is 0 Å². The summed E-state index contributed by atoms with van der Waals surface area (Å²) in [6.45, 7) is 3.80. The highest BCUT2D eigenvalue weighted by Gasteiger charge is 2.44. The van der Waals surface area contributed by atoms with Crippen molar-refractivity contribution in [2.45, 2.75) is 32.9 Å². The molecule has 0 aliphatic heterocycles. The second kappa shape index (κ2) is 10.1. The van der Waals surface area contributed by atoms with Crippen molar-refractivity contribution in [1.82, 2.24) is 5.09 Å². The Hall–Kier alpha value is -1.90. The second-order valence-corrected chi connectivity index (χ2v) is 6.30. The van der Waals surface area contributed by atoms with Crippen molar-refractivity contribution < 1.29 is 42.3 Å². The van der Waals surface area contributed by atoms with Crippen molar-refractivity contribution in [3.05, 3.63) is 5.53 Å². The number of rotatable bonds is 10. The summed E-state index contributed by atoms with van der Waals surface area (Å²) in [7, 11) is -1.82.